The standard InChI is InChI=1S/C30H29F3N6O2S/c1-17(2)23-13-4-18(3)14-25(23)36-29(42)37-28(40)35-26-15-24(26)19-5-7-20(8-6-19)27-34-16-39(38-27)21-9-11-22(12-10-21)41-30(31,32)33/h4-14,16-17,24,26H,15H2,1-3H3,(H3,35,36,37,40,42). The first-order valence-corrected chi connectivity index (χ1v) is 13.7. The van der Waals surface area contributed by atoms with Gasteiger partial charge in [0.05, 0.1) is 5.69 Å². The molecule has 12 heteroatoms. The fraction of sp³-hybridized carbons (Fsp3) is 0.267. The number of aryl methyl sites for hydroxylation is 1. The number of carbonyl (C=O) groups is 1. The maximum atomic E-state index is 12.6. The molecule has 4 aromatic rings. The van der Waals surface area contributed by atoms with Crippen molar-refractivity contribution in [2.75, 3.05) is 5.32 Å². The lowest BCUT2D eigenvalue weighted by Gasteiger charge is -2.16. The minimum Gasteiger partial charge on any atom is -0.406 e. The van der Waals surface area contributed by atoms with Gasteiger partial charge in [0, 0.05) is 23.2 Å². The summed E-state index contributed by atoms with van der Waals surface area (Å²) in [4.78, 5) is 16.9. The molecule has 1 aliphatic carbocycles. The van der Waals surface area contributed by atoms with E-state index >= 15 is 0 Å². The van der Waals surface area contributed by atoms with Crippen molar-refractivity contribution in [3.8, 4) is 22.8 Å². The van der Waals surface area contributed by atoms with Crippen LogP contribution < -0.4 is 20.7 Å². The zero-order valence-corrected chi connectivity index (χ0v) is 23.9. The van der Waals surface area contributed by atoms with Gasteiger partial charge in [0.2, 0.25) is 0 Å². The lowest BCUT2D eigenvalue weighted by atomic mass is 9.99. The predicted molar refractivity (Wildman–Crippen MR) is 158 cm³/mol. The third-order valence-corrected chi connectivity index (χ3v) is 7.04. The van der Waals surface area contributed by atoms with E-state index in [0.717, 1.165) is 34.4 Å². The zero-order valence-electron chi connectivity index (χ0n) is 23.1. The lowest BCUT2D eigenvalue weighted by Crippen LogP contribution is -2.42. The minimum atomic E-state index is -4.75. The average Bonchev–Trinajstić information content (AvgIpc) is 3.49. The van der Waals surface area contributed by atoms with Crippen LogP contribution in [0.25, 0.3) is 17.1 Å². The second-order valence-corrected chi connectivity index (χ2v) is 10.8. The molecule has 1 saturated carbocycles. The fourth-order valence-electron chi connectivity index (χ4n) is 4.67. The Bertz CT molecular complexity index is 1590. The molecular weight excluding hydrogens is 565 g/mol. The van der Waals surface area contributed by atoms with E-state index in [1.165, 1.54) is 35.3 Å². The van der Waals surface area contributed by atoms with Crippen LogP contribution in [0, 0.1) is 6.92 Å². The Balaban J connectivity index is 1.13. The summed E-state index contributed by atoms with van der Waals surface area (Å²) in [6.07, 6.45) is -2.45. The van der Waals surface area contributed by atoms with Gasteiger partial charge in [-0.1, -0.05) is 50.2 Å². The van der Waals surface area contributed by atoms with Crippen molar-refractivity contribution < 1.29 is 22.7 Å². The molecule has 8 nitrogen and oxygen atoms in total. The topological polar surface area (TPSA) is 93.1 Å². The van der Waals surface area contributed by atoms with Gasteiger partial charge < -0.3 is 15.4 Å². The molecular formula is C30H29F3N6O2S. The van der Waals surface area contributed by atoms with Gasteiger partial charge in [-0.25, -0.2) is 14.5 Å². The largest absolute Gasteiger partial charge is 0.573 e. The summed E-state index contributed by atoms with van der Waals surface area (Å²) in [6.45, 7) is 6.21. The monoisotopic (exact) mass is 594 g/mol. The molecule has 5 rings (SSSR count). The molecule has 0 saturated heterocycles. The number of thiocarbonyl (C=S) groups is 1. The van der Waals surface area contributed by atoms with E-state index in [1.807, 2.05) is 37.3 Å². The molecule has 3 N–H and O–H groups in total. The number of anilines is 1. The smallest absolute Gasteiger partial charge is 0.406 e. The molecule has 3 aromatic carbocycles. The highest BCUT2D eigenvalue weighted by Crippen LogP contribution is 2.41. The summed E-state index contributed by atoms with van der Waals surface area (Å²) >= 11 is 5.37. The Labute approximate surface area is 246 Å². The van der Waals surface area contributed by atoms with E-state index in [1.54, 1.807) is 0 Å². The molecule has 1 aliphatic rings. The summed E-state index contributed by atoms with van der Waals surface area (Å²) in [5.41, 5.74) is 5.49. The fourth-order valence-corrected chi connectivity index (χ4v) is 4.87. The summed E-state index contributed by atoms with van der Waals surface area (Å²) in [6, 6.07) is 18.9. The summed E-state index contributed by atoms with van der Waals surface area (Å²) in [5, 5.41) is 13.5. The van der Waals surface area contributed by atoms with Gasteiger partial charge in [0.15, 0.2) is 10.9 Å². The number of ether oxygens (including phenoxy) is 1. The Hall–Kier alpha value is -4.45. The Kier molecular flexibility index (Phi) is 8.17. The maximum absolute atomic E-state index is 12.6. The molecule has 1 fully saturated rings. The van der Waals surface area contributed by atoms with Crippen molar-refractivity contribution in [3.05, 3.63) is 89.7 Å². The van der Waals surface area contributed by atoms with Gasteiger partial charge in [-0.15, -0.1) is 18.3 Å². The third kappa shape index (κ3) is 7.24. The SMILES string of the molecule is Cc1ccc(C(C)C)c(NC(=S)NC(=O)NC2CC2c2ccc(-c3ncn(-c4ccc(OC(F)(F)F)cc4)n3)cc2)c1. The molecule has 2 amide bonds. The number of nitrogens with zero attached hydrogens (tertiary/aromatic N) is 3. The first-order valence-electron chi connectivity index (χ1n) is 13.3. The van der Waals surface area contributed by atoms with Crippen molar-refractivity contribution in [1.82, 2.24) is 25.4 Å². The van der Waals surface area contributed by atoms with Gasteiger partial charge in [0.1, 0.15) is 12.1 Å². The number of alkyl halides is 3. The van der Waals surface area contributed by atoms with Crippen molar-refractivity contribution >= 4 is 29.0 Å². The van der Waals surface area contributed by atoms with E-state index in [0.29, 0.717) is 17.4 Å². The number of amides is 2. The number of benzene rings is 3. The minimum absolute atomic E-state index is 0.00882. The second kappa shape index (κ2) is 11.8. The van der Waals surface area contributed by atoms with Crippen LogP contribution in [0.4, 0.5) is 23.7 Å². The number of aromatic nitrogens is 3. The summed E-state index contributed by atoms with van der Waals surface area (Å²) in [7, 11) is 0. The van der Waals surface area contributed by atoms with E-state index in [9.17, 15) is 18.0 Å². The molecule has 0 aliphatic heterocycles. The number of rotatable bonds is 7. The van der Waals surface area contributed by atoms with Crippen molar-refractivity contribution in [2.24, 2.45) is 0 Å². The van der Waals surface area contributed by atoms with Crippen LogP contribution in [0.3, 0.4) is 0 Å². The highest BCUT2D eigenvalue weighted by Gasteiger charge is 2.39. The maximum Gasteiger partial charge on any atom is 0.573 e. The summed E-state index contributed by atoms with van der Waals surface area (Å²) < 4.78 is 42.6. The Morgan fingerprint density at radius 1 is 1.07 bits per heavy atom. The van der Waals surface area contributed by atoms with E-state index in [4.69, 9.17) is 12.2 Å². The van der Waals surface area contributed by atoms with E-state index in [2.05, 4.69) is 56.8 Å². The molecule has 1 heterocycles. The molecule has 1 aromatic heterocycles. The third-order valence-electron chi connectivity index (χ3n) is 6.84. The molecule has 0 radical (unpaired) electrons. The highest BCUT2D eigenvalue weighted by atomic mass is 32.1. The molecule has 218 valence electrons. The van der Waals surface area contributed by atoms with Crippen molar-refractivity contribution in [1.29, 1.82) is 0 Å². The van der Waals surface area contributed by atoms with Gasteiger partial charge in [-0.2, -0.15) is 0 Å². The Morgan fingerprint density at radius 3 is 2.45 bits per heavy atom. The number of urea groups is 1. The van der Waals surface area contributed by atoms with Crippen LogP contribution in [0.15, 0.2) is 73.1 Å². The first-order chi connectivity index (χ1) is 19.9. The van der Waals surface area contributed by atoms with Gasteiger partial charge in [0.25, 0.3) is 0 Å². The molecule has 0 bridgehead atoms. The van der Waals surface area contributed by atoms with Gasteiger partial charge in [-0.05, 0) is 78.5 Å². The zero-order chi connectivity index (χ0) is 30.0. The van der Waals surface area contributed by atoms with Crippen LogP contribution >= 0.6 is 12.2 Å². The normalized spacial score (nSPS) is 16.2. The second-order valence-electron chi connectivity index (χ2n) is 10.4. The van der Waals surface area contributed by atoms with Gasteiger partial charge in [-0.3, -0.25) is 5.32 Å². The summed E-state index contributed by atoms with van der Waals surface area (Å²) in [5.74, 6) is 0.641. The number of hydrogen-bond acceptors (Lipinski definition) is 5. The van der Waals surface area contributed by atoms with Crippen LogP contribution in [-0.2, 0) is 0 Å². The number of hydrogen-bond donors (Lipinski definition) is 3. The Morgan fingerprint density at radius 2 is 1.79 bits per heavy atom. The predicted octanol–water partition coefficient (Wildman–Crippen LogP) is 6.82. The highest BCUT2D eigenvalue weighted by molar-refractivity contribution is 7.80. The lowest BCUT2D eigenvalue weighted by molar-refractivity contribution is -0.274. The molecule has 0 spiro atoms. The van der Waals surface area contributed by atoms with Crippen LogP contribution in [0.2, 0.25) is 0 Å². The van der Waals surface area contributed by atoms with E-state index in [-0.39, 0.29) is 28.9 Å². The average molecular weight is 595 g/mol. The van der Waals surface area contributed by atoms with Crippen molar-refractivity contribution in [2.45, 2.75) is 51.4 Å². The van der Waals surface area contributed by atoms with Crippen LogP contribution in [-0.4, -0.2) is 38.3 Å². The first kappa shape index (κ1) is 29.1. The molecule has 42 heavy (non-hydrogen) atoms. The van der Waals surface area contributed by atoms with Crippen LogP contribution in [0.1, 0.15) is 48.8 Å². The quantitative estimate of drug-likeness (QED) is 0.204. The molecule has 2 atom stereocenters. The number of nitrogens with one attached hydrogen (secondary N) is 3. The molecule has 2 unspecified atom stereocenters. The number of carbonyl (C=O) groups excluding carboxylic acids is 1. The van der Waals surface area contributed by atoms with Gasteiger partial charge >= 0.3 is 12.4 Å². The van der Waals surface area contributed by atoms with Crippen molar-refractivity contribution in [3.63, 3.8) is 0 Å². The van der Waals surface area contributed by atoms with E-state index < -0.39 is 6.36 Å². The number of halogens is 3. The van der Waals surface area contributed by atoms with Crippen LogP contribution in [0.5, 0.6) is 5.75 Å².